The Morgan fingerprint density at radius 2 is 1.92 bits per heavy atom. The molecule has 1 atom stereocenters. The van der Waals surface area contributed by atoms with Crippen LogP contribution in [0.5, 0.6) is 0 Å². The Morgan fingerprint density at radius 3 is 2.60 bits per heavy atom. The zero-order valence-electron chi connectivity index (χ0n) is 13.0. The van der Waals surface area contributed by atoms with Crippen LogP contribution in [0, 0.1) is 11.6 Å². The first kappa shape index (κ1) is 17.5. The maximum atomic E-state index is 14.1. The number of carbonyl (C=O) groups excluding carboxylic acids is 1. The third-order valence-corrected chi connectivity index (χ3v) is 4.93. The third-order valence-electron chi connectivity index (χ3n) is 4.28. The summed E-state index contributed by atoms with van der Waals surface area (Å²) in [7, 11) is 0. The second-order valence-corrected chi connectivity index (χ2v) is 6.68. The Hall–Kier alpha value is -2.28. The minimum Gasteiger partial charge on any atom is -0.478 e. The molecular formula is C18H14BrF2NO3. The molecule has 1 saturated heterocycles. The molecule has 0 spiro atoms. The topological polar surface area (TPSA) is 57.6 Å². The van der Waals surface area contributed by atoms with Crippen molar-refractivity contribution in [3.05, 3.63) is 69.2 Å². The van der Waals surface area contributed by atoms with Gasteiger partial charge in [-0.1, -0.05) is 0 Å². The molecule has 130 valence electrons. The van der Waals surface area contributed by atoms with Crippen LogP contribution in [0.15, 0.2) is 40.9 Å². The quantitative estimate of drug-likeness (QED) is 0.816. The Kier molecular flexibility index (Phi) is 4.85. The number of rotatable bonds is 3. The van der Waals surface area contributed by atoms with Crippen LogP contribution >= 0.6 is 15.9 Å². The van der Waals surface area contributed by atoms with E-state index in [1.54, 1.807) is 0 Å². The second-order valence-electron chi connectivity index (χ2n) is 5.82. The van der Waals surface area contributed by atoms with Gasteiger partial charge in [0.1, 0.15) is 11.6 Å². The molecule has 0 aromatic heterocycles. The van der Waals surface area contributed by atoms with Gasteiger partial charge < -0.3 is 10.0 Å². The maximum Gasteiger partial charge on any atom is 0.335 e. The van der Waals surface area contributed by atoms with Crippen LogP contribution in [-0.2, 0) is 0 Å². The van der Waals surface area contributed by atoms with Crippen molar-refractivity contribution < 1.29 is 23.5 Å². The molecule has 2 aromatic carbocycles. The van der Waals surface area contributed by atoms with Gasteiger partial charge in [-0.15, -0.1) is 0 Å². The van der Waals surface area contributed by atoms with Crippen molar-refractivity contribution in [3.8, 4) is 0 Å². The lowest BCUT2D eigenvalue weighted by molar-refractivity contribution is 0.0692. The van der Waals surface area contributed by atoms with Crippen LogP contribution < -0.4 is 0 Å². The second kappa shape index (κ2) is 6.92. The predicted octanol–water partition coefficient (Wildman–Crippen LogP) is 4.40. The number of hydrogen-bond acceptors (Lipinski definition) is 2. The number of carbonyl (C=O) groups is 2. The van der Waals surface area contributed by atoms with Gasteiger partial charge in [0.05, 0.1) is 17.2 Å². The average Bonchev–Trinajstić information content (AvgIpc) is 3.05. The van der Waals surface area contributed by atoms with E-state index in [2.05, 4.69) is 15.9 Å². The van der Waals surface area contributed by atoms with Gasteiger partial charge in [0, 0.05) is 16.6 Å². The number of benzene rings is 2. The molecule has 1 amide bonds. The number of aromatic carboxylic acids is 1. The molecule has 0 aliphatic carbocycles. The molecule has 1 unspecified atom stereocenters. The number of carboxylic acids is 1. The fourth-order valence-corrected chi connectivity index (χ4v) is 3.63. The van der Waals surface area contributed by atoms with E-state index in [9.17, 15) is 18.4 Å². The minimum atomic E-state index is -1.10. The van der Waals surface area contributed by atoms with Gasteiger partial charge >= 0.3 is 5.97 Å². The number of halogens is 3. The van der Waals surface area contributed by atoms with Crippen LogP contribution in [-0.4, -0.2) is 28.4 Å². The predicted molar refractivity (Wildman–Crippen MR) is 90.5 cm³/mol. The molecule has 0 saturated carbocycles. The molecule has 25 heavy (non-hydrogen) atoms. The van der Waals surface area contributed by atoms with Gasteiger partial charge in [-0.05, 0) is 65.2 Å². The highest BCUT2D eigenvalue weighted by molar-refractivity contribution is 9.10. The first-order valence-electron chi connectivity index (χ1n) is 7.67. The monoisotopic (exact) mass is 409 g/mol. The number of likely N-dealkylation sites (tertiary alicyclic amines) is 1. The molecule has 2 aromatic rings. The highest BCUT2D eigenvalue weighted by atomic mass is 79.9. The Bertz CT molecular complexity index is 856. The summed E-state index contributed by atoms with van der Waals surface area (Å²) in [5.41, 5.74) is 0.496. The number of hydrogen-bond donors (Lipinski definition) is 1. The SMILES string of the molecule is O=C(O)c1ccc(C(=O)N2CCCC2c2cc(F)ccc2F)c(Br)c1. The van der Waals surface area contributed by atoms with Crippen molar-refractivity contribution in [1.29, 1.82) is 0 Å². The van der Waals surface area contributed by atoms with E-state index in [0.717, 1.165) is 18.2 Å². The van der Waals surface area contributed by atoms with Crippen molar-refractivity contribution in [3.63, 3.8) is 0 Å². The molecule has 1 N–H and O–H groups in total. The van der Waals surface area contributed by atoms with Gasteiger partial charge in [-0.2, -0.15) is 0 Å². The standard InChI is InChI=1S/C18H14BrF2NO3/c19-14-8-10(18(24)25)3-5-12(14)17(23)22-7-1-2-16(22)13-9-11(20)4-6-15(13)21/h3-6,8-9,16H,1-2,7H2,(H,24,25). The van der Waals surface area contributed by atoms with E-state index in [4.69, 9.17) is 5.11 Å². The van der Waals surface area contributed by atoms with E-state index in [1.807, 2.05) is 0 Å². The molecule has 1 heterocycles. The smallest absolute Gasteiger partial charge is 0.335 e. The molecule has 7 heteroatoms. The fraction of sp³-hybridized carbons (Fsp3) is 0.222. The highest BCUT2D eigenvalue weighted by Crippen LogP contribution is 2.35. The van der Waals surface area contributed by atoms with E-state index in [0.29, 0.717) is 23.9 Å². The van der Waals surface area contributed by atoms with Gasteiger partial charge in [0.15, 0.2) is 0 Å². The molecule has 3 rings (SSSR count). The van der Waals surface area contributed by atoms with E-state index in [1.165, 1.54) is 23.1 Å². The van der Waals surface area contributed by atoms with Crippen LogP contribution in [0.1, 0.15) is 45.2 Å². The lowest BCUT2D eigenvalue weighted by Gasteiger charge is -2.26. The van der Waals surface area contributed by atoms with E-state index in [-0.39, 0.29) is 22.6 Å². The Balaban J connectivity index is 1.93. The van der Waals surface area contributed by atoms with Crippen molar-refractivity contribution in [2.45, 2.75) is 18.9 Å². The highest BCUT2D eigenvalue weighted by Gasteiger charge is 2.33. The molecule has 1 aliphatic rings. The van der Waals surface area contributed by atoms with Crippen molar-refractivity contribution in [2.75, 3.05) is 6.54 Å². The van der Waals surface area contributed by atoms with Gasteiger partial charge in [-0.25, -0.2) is 13.6 Å². The largest absolute Gasteiger partial charge is 0.478 e. The van der Waals surface area contributed by atoms with Gasteiger partial charge in [0.2, 0.25) is 0 Å². The zero-order valence-corrected chi connectivity index (χ0v) is 14.6. The number of nitrogens with zero attached hydrogens (tertiary/aromatic N) is 1. The molecule has 4 nitrogen and oxygen atoms in total. The molecule has 1 aliphatic heterocycles. The number of carboxylic acid groups (broad SMARTS) is 1. The summed E-state index contributed by atoms with van der Waals surface area (Å²) >= 11 is 3.22. The van der Waals surface area contributed by atoms with E-state index < -0.39 is 23.6 Å². The molecular weight excluding hydrogens is 396 g/mol. The van der Waals surface area contributed by atoms with Crippen LogP contribution in [0.25, 0.3) is 0 Å². The van der Waals surface area contributed by atoms with Crippen molar-refractivity contribution in [1.82, 2.24) is 4.90 Å². The number of amides is 1. The summed E-state index contributed by atoms with van der Waals surface area (Å²) in [4.78, 5) is 25.4. The Labute approximate surface area is 151 Å². The molecule has 1 fully saturated rings. The summed E-state index contributed by atoms with van der Waals surface area (Å²) in [6.45, 7) is 0.423. The summed E-state index contributed by atoms with van der Waals surface area (Å²) < 4.78 is 28.0. The summed E-state index contributed by atoms with van der Waals surface area (Å²) in [5, 5.41) is 9.00. The van der Waals surface area contributed by atoms with Crippen LogP contribution in [0.2, 0.25) is 0 Å². The third kappa shape index (κ3) is 3.42. The van der Waals surface area contributed by atoms with Gasteiger partial charge in [-0.3, -0.25) is 4.79 Å². The maximum absolute atomic E-state index is 14.1. The molecule has 0 bridgehead atoms. The first-order valence-corrected chi connectivity index (χ1v) is 8.46. The zero-order chi connectivity index (χ0) is 18.1. The average molecular weight is 410 g/mol. The van der Waals surface area contributed by atoms with Gasteiger partial charge in [0.25, 0.3) is 5.91 Å². The Morgan fingerprint density at radius 1 is 1.16 bits per heavy atom. The van der Waals surface area contributed by atoms with E-state index >= 15 is 0 Å². The molecule has 0 radical (unpaired) electrons. The van der Waals surface area contributed by atoms with Crippen molar-refractivity contribution in [2.24, 2.45) is 0 Å². The van der Waals surface area contributed by atoms with Crippen LogP contribution in [0.4, 0.5) is 8.78 Å². The normalized spacial score (nSPS) is 16.9. The first-order chi connectivity index (χ1) is 11.9. The summed E-state index contributed by atoms with van der Waals surface area (Å²) in [5.74, 6) is -2.55. The summed E-state index contributed by atoms with van der Waals surface area (Å²) in [6, 6.07) is 6.79. The van der Waals surface area contributed by atoms with Crippen LogP contribution in [0.3, 0.4) is 0 Å². The van der Waals surface area contributed by atoms with Crippen molar-refractivity contribution >= 4 is 27.8 Å². The fourth-order valence-electron chi connectivity index (χ4n) is 3.08. The lowest BCUT2D eigenvalue weighted by Crippen LogP contribution is -2.31. The lowest BCUT2D eigenvalue weighted by atomic mass is 10.0. The minimum absolute atomic E-state index is 0.0533. The summed E-state index contributed by atoms with van der Waals surface area (Å²) in [6.07, 6.45) is 1.22.